The summed E-state index contributed by atoms with van der Waals surface area (Å²) in [5.74, 6) is 1.14. The van der Waals surface area contributed by atoms with E-state index in [1.807, 2.05) is 53.2 Å². The zero-order valence-corrected chi connectivity index (χ0v) is 14.7. The molecule has 2 heterocycles. The van der Waals surface area contributed by atoms with Crippen molar-refractivity contribution in [3.05, 3.63) is 74.6 Å². The van der Waals surface area contributed by atoms with Gasteiger partial charge in [-0.1, -0.05) is 24.3 Å². The van der Waals surface area contributed by atoms with Gasteiger partial charge in [0.15, 0.2) is 0 Å². The summed E-state index contributed by atoms with van der Waals surface area (Å²) in [4.78, 5) is 10.9. The van der Waals surface area contributed by atoms with E-state index in [1.54, 1.807) is 22.7 Å². The fraction of sp³-hybridized carbons (Fsp3) is 0.111. The second-order valence-electron chi connectivity index (χ2n) is 5.14. The highest BCUT2D eigenvalue weighted by atomic mass is 32.1. The molecule has 0 saturated heterocycles. The van der Waals surface area contributed by atoms with E-state index in [0.717, 1.165) is 27.4 Å². The number of aliphatic imine (C=N–C) groups is 2. The van der Waals surface area contributed by atoms with Crippen molar-refractivity contribution in [2.45, 2.75) is 6.42 Å². The summed E-state index contributed by atoms with van der Waals surface area (Å²) in [6, 6.07) is 15.9. The van der Waals surface area contributed by atoms with Crippen LogP contribution in [0.3, 0.4) is 0 Å². The topological polar surface area (TPSA) is 76.8 Å². The standard InChI is InChI=1S/C18H18N4S2/c19-17(15-6-2-10-23-15)21-9-8-13-4-1-5-14(12-13)22-18(20)16-7-3-11-24-16/h1-7,10-12H,8-9H2,(H2,19,21)(H2,20,22). The lowest BCUT2D eigenvalue weighted by Gasteiger charge is -2.03. The average Bonchev–Trinajstić information content (AvgIpc) is 3.29. The van der Waals surface area contributed by atoms with Crippen LogP contribution in [0, 0.1) is 0 Å². The predicted octanol–water partition coefficient (Wildman–Crippen LogP) is 3.79. The first kappa shape index (κ1) is 16.4. The van der Waals surface area contributed by atoms with Crippen molar-refractivity contribution in [3.63, 3.8) is 0 Å². The molecule has 0 amide bonds. The number of rotatable bonds is 6. The number of nitrogens with zero attached hydrogens (tertiary/aromatic N) is 2. The Morgan fingerprint density at radius 2 is 1.58 bits per heavy atom. The minimum Gasteiger partial charge on any atom is -0.383 e. The number of nitrogens with two attached hydrogens (primary N) is 2. The van der Waals surface area contributed by atoms with Crippen molar-refractivity contribution in [2.24, 2.45) is 21.5 Å². The zero-order valence-electron chi connectivity index (χ0n) is 13.1. The molecule has 2 aromatic heterocycles. The van der Waals surface area contributed by atoms with Gasteiger partial charge in [-0.2, -0.15) is 0 Å². The summed E-state index contributed by atoms with van der Waals surface area (Å²) >= 11 is 3.18. The van der Waals surface area contributed by atoms with E-state index in [-0.39, 0.29) is 0 Å². The third-order valence-electron chi connectivity index (χ3n) is 3.39. The summed E-state index contributed by atoms with van der Waals surface area (Å²) < 4.78 is 0. The lowest BCUT2D eigenvalue weighted by Crippen LogP contribution is -2.12. The highest BCUT2D eigenvalue weighted by Gasteiger charge is 2.01. The molecule has 0 aliphatic carbocycles. The van der Waals surface area contributed by atoms with Gasteiger partial charge in [0.2, 0.25) is 0 Å². The number of amidine groups is 2. The van der Waals surface area contributed by atoms with Gasteiger partial charge in [-0.15, -0.1) is 22.7 Å². The van der Waals surface area contributed by atoms with E-state index in [1.165, 1.54) is 0 Å². The molecule has 0 radical (unpaired) electrons. The molecule has 0 saturated carbocycles. The van der Waals surface area contributed by atoms with E-state index in [4.69, 9.17) is 11.5 Å². The normalized spacial score (nSPS) is 12.5. The number of hydrogen-bond acceptors (Lipinski definition) is 4. The molecule has 1 aromatic carbocycles. The smallest absolute Gasteiger partial charge is 0.141 e. The molecule has 3 aromatic rings. The van der Waals surface area contributed by atoms with Gasteiger partial charge >= 0.3 is 0 Å². The molecular formula is C18H18N4S2. The molecule has 0 bridgehead atoms. The van der Waals surface area contributed by atoms with Gasteiger partial charge in [0.05, 0.1) is 15.4 Å². The third-order valence-corrected chi connectivity index (χ3v) is 5.17. The Morgan fingerprint density at radius 1 is 0.875 bits per heavy atom. The van der Waals surface area contributed by atoms with Crippen molar-refractivity contribution < 1.29 is 0 Å². The lowest BCUT2D eigenvalue weighted by molar-refractivity contribution is 0.966. The van der Waals surface area contributed by atoms with Crippen LogP contribution in [0.15, 0.2) is 69.3 Å². The number of thiophene rings is 2. The Hall–Kier alpha value is -2.44. The summed E-state index contributed by atoms with van der Waals surface area (Å²) in [7, 11) is 0. The maximum atomic E-state index is 6.04. The predicted molar refractivity (Wildman–Crippen MR) is 105 cm³/mol. The van der Waals surface area contributed by atoms with E-state index < -0.39 is 0 Å². The average molecular weight is 355 g/mol. The molecule has 4 nitrogen and oxygen atoms in total. The van der Waals surface area contributed by atoms with E-state index in [9.17, 15) is 0 Å². The van der Waals surface area contributed by atoms with Crippen LogP contribution in [0.4, 0.5) is 5.69 Å². The summed E-state index contributed by atoms with van der Waals surface area (Å²) in [6.45, 7) is 0.650. The van der Waals surface area contributed by atoms with Gasteiger partial charge in [0, 0.05) is 6.54 Å². The van der Waals surface area contributed by atoms with Crippen molar-refractivity contribution in [1.82, 2.24) is 0 Å². The minimum absolute atomic E-state index is 0.544. The first-order valence-electron chi connectivity index (χ1n) is 7.53. The van der Waals surface area contributed by atoms with Crippen LogP contribution < -0.4 is 11.5 Å². The largest absolute Gasteiger partial charge is 0.383 e. The van der Waals surface area contributed by atoms with Crippen LogP contribution in [0.25, 0.3) is 0 Å². The van der Waals surface area contributed by atoms with Crippen molar-refractivity contribution in [1.29, 1.82) is 0 Å². The van der Waals surface area contributed by atoms with E-state index in [0.29, 0.717) is 18.2 Å². The van der Waals surface area contributed by atoms with Crippen molar-refractivity contribution in [3.8, 4) is 0 Å². The molecule has 122 valence electrons. The highest BCUT2D eigenvalue weighted by Crippen LogP contribution is 2.17. The van der Waals surface area contributed by atoms with Gasteiger partial charge in [-0.25, -0.2) is 4.99 Å². The third kappa shape index (κ3) is 4.31. The molecule has 0 aliphatic heterocycles. The van der Waals surface area contributed by atoms with Crippen LogP contribution in [0.1, 0.15) is 15.3 Å². The molecule has 0 atom stereocenters. The molecule has 6 heteroatoms. The molecule has 0 aliphatic rings. The summed E-state index contributed by atoms with van der Waals surface area (Å²) in [5, 5.41) is 3.99. The fourth-order valence-electron chi connectivity index (χ4n) is 2.21. The molecule has 4 N–H and O–H groups in total. The van der Waals surface area contributed by atoms with Crippen LogP contribution in [0.5, 0.6) is 0 Å². The number of hydrogen-bond donors (Lipinski definition) is 2. The van der Waals surface area contributed by atoms with Crippen molar-refractivity contribution >= 4 is 40.0 Å². The van der Waals surface area contributed by atoms with Crippen LogP contribution in [-0.2, 0) is 6.42 Å². The fourth-order valence-corrected chi connectivity index (χ4v) is 3.48. The molecule has 24 heavy (non-hydrogen) atoms. The molecular weight excluding hydrogens is 336 g/mol. The lowest BCUT2D eigenvalue weighted by atomic mass is 10.1. The van der Waals surface area contributed by atoms with Gasteiger partial charge in [0.1, 0.15) is 11.7 Å². The minimum atomic E-state index is 0.544. The maximum absolute atomic E-state index is 6.04. The van der Waals surface area contributed by atoms with E-state index in [2.05, 4.69) is 16.1 Å². The SMILES string of the molecule is NC(=NCCc1cccc(N=C(N)c2cccs2)c1)c1cccs1. The zero-order chi connectivity index (χ0) is 16.8. The Bertz CT molecular complexity index is 834. The molecule has 3 rings (SSSR count). The Balaban J connectivity index is 1.65. The second-order valence-corrected chi connectivity index (χ2v) is 7.03. The molecule has 0 unspecified atom stereocenters. The molecule has 0 fully saturated rings. The quantitative estimate of drug-likeness (QED) is 0.522. The monoisotopic (exact) mass is 354 g/mol. The Labute approximate surface area is 149 Å². The summed E-state index contributed by atoms with van der Waals surface area (Å²) in [6.07, 6.45) is 0.814. The molecule has 0 spiro atoms. The Morgan fingerprint density at radius 3 is 2.25 bits per heavy atom. The van der Waals surface area contributed by atoms with Gasteiger partial charge in [-0.3, -0.25) is 4.99 Å². The van der Waals surface area contributed by atoms with Gasteiger partial charge < -0.3 is 11.5 Å². The van der Waals surface area contributed by atoms with Crippen LogP contribution in [0.2, 0.25) is 0 Å². The first-order valence-corrected chi connectivity index (χ1v) is 9.29. The van der Waals surface area contributed by atoms with Crippen molar-refractivity contribution in [2.75, 3.05) is 6.54 Å². The number of benzene rings is 1. The maximum Gasteiger partial charge on any atom is 0.141 e. The second kappa shape index (κ2) is 7.90. The van der Waals surface area contributed by atoms with E-state index >= 15 is 0 Å². The highest BCUT2D eigenvalue weighted by molar-refractivity contribution is 7.12. The summed E-state index contributed by atoms with van der Waals surface area (Å²) in [5.41, 5.74) is 14.0. The Kier molecular flexibility index (Phi) is 5.40. The van der Waals surface area contributed by atoms with Gasteiger partial charge in [0.25, 0.3) is 0 Å². The van der Waals surface area contributed by atoms with Crippen LogP contribution in [-0.4, -0.2) is 18.2 Å². The first-order chi connectivity index (χ1) is 11.7. The van der Waals surface area contributed by atoms with Gasteiger partial charge in [-0.05, 0) is 47.0 Å². The van der Waals surface area contributed by atoms with Crippen LogP contribution >= 0.6 is 22.7 Å².